The van der Waals surface area contributed by atoms with Crippen molar-refractivity contribution in [3.63, 3.8) is 0 Å². The standard InChI is InChI=1S/C19H21NO4S/c1-14-7-9-16(10-8-14)25(23,24)20-12-11-19(2,18(21)22)13-15-5-3-4-6-17(15)20/h3-10H,11-13H2,1-2H3,(H,21,22). The Morgan fingerprint density at radius 3 is 2.40 bits per heavy atom. The van der Waals surface area contributed by atoms with E-state index in [4.69, 9.17) is 0 Å². The van der Waals surface area contributed by atoms with E-state index in [1.165, 1.54) is 4.31 Å². The SMILES string of the molecule is Cc1ccc(S(=O)(=O)N2CCC(C)(C(=O)O)Cc3ccccc32)cc1. The molecular weight excluding hydrogens is 338 g/mol. The summed E-state index contributed by atoms with van der Waals surface area (Å²) in [6.07, 6.45) is 0.556. The molecule has 0 saturated heterocycles. The number of sulfonamides is 1. The van der Waals surface area contributed by atoms with Crippen LogP contribution in [0.4, 0.5) is 5.69 Å². The number of fused-ring (bicyclic) bond motifs is 1. The van der Waals surface area contributed by atoms with Crippen LogP contribution in [0.5, 0.6) is 0 Å². The number of nitrogens with zero attached hydrogens (tertiary/aromatic N) is 1. The zero-order chi connectivity index (χ0) is 18.2. The van der Waals surface area contributed by atoms with Crippen molar-refractivity contribution in [2.45, 2.75) is 31.6 Å². The highest BCUT2D eigenvalue weighted by Gasteiger charge is 2.40. The minimum absolute atomic E-state index is 0.135. The lowest BCUT2D eigenvalue weighted by atomic mass is 9.81. The predicted molar refractivity (Wildman–Crippen MR) is 96.2 cm³/mol. The van der Waals surface area contributed by atoms with Crippen molar-refractivity contribution in [2.24, 2.45) is 5.41 Å². The highest BCUT2D eigenvalue weighted by molar-refractivity contribution is 7.92. The molecular formula is C19H21NO4S. The van der Waals surface area contributed by atoms with Gasteiger partial charge in [0.15, 0.2) is 0 Å². The number of para-hydroxylation sites is 1. The number of anilines is 1. The summed E-state index contributed by atoms with van der Waals surface area (Å²) in [6.45, 7) is 3.71. The van der Waals surface area contributed by atoms with Gasteiger partial charge in [0, 0.05) is 6.54 Å². The molecule has 132 valence electrons. The minimum Gasteiger partial charge on any atom is -0.481 e. The van der Waals surface area contributed by atoms with Gasteiger partial charge in [-0.1, -0.05) is 35.9 Å². The van der Waals surface area contributed by atoms with E-state index in [0.717, 1.165) is 11.1 Å². The van der Waals surface area contributed by atoms with Crippen LogP contribution >= 0.6 is 0 Å². The Morgan fingerprint density at radius 1 is 1.12 bits per heavy atom. The Labute approximate surface area is 148 Å². The third-order valence-electron chi connectivity index (χ3n) is 4.83. The largest absolute Gasteiger partial charge is 0.481 e. The van der Waals surface area contributed by atoms with Crippen LogP contribution < -0.4 is 4.31 Å². The molecule has 1 aliphatic rings. The minimum atomic E-state index is -3.75. The number of carbonyl (C=O) groups is 1. The second kappa shape index (κ2) is 6.19. The molecule has 0 bridgehead atoms. The highest BCUT2D eigenvalue weighted by Crippen LogP contribution is 2.38. The summed E-state index contributed by atoms with van der Waals surface area (Å²) < 4.78 is 27.7. The monoisotopic (exact) mass is 359 g/mol. The summed E-state index contributed by atoms with van der Waals surface area (Å²) in [7, 11) is -3.75. The second-order valence-corrected chi connectivity index (χ2v) is 8.67. The molecule has 1 unspecified atom stereocenters. The van der Waals surface area contributed by atoms with Gasteiger partial charge in [0.1, 0.15) is 0 Å². The molecule has 1 heterocycles. The molecule has 1 N–H and O–H groups in total. The van der Waals surface area contributed by atoms with E-state index in [0.29, 0.717) is 12.1 Å². The van der Waals surface area contributed by atoms with Gasteiger partial charge in [-0.25, -0.2) is 8.42 Å². The fourth-order valence-corrected chi connectivity index (χ4v) is 4.65. The van der Waals surface area contributed by atoms with Crippen LogP contribution in [0.1, 0.15) is 24.5 Å². The summed E-state index contributed by atoms with van der Waals surface area (Å²) in [6, 6.07) is 13.8. The lowest BCUT2D eigenvalue weighted by molar-refractivity contribution is -0.148. The van der Waals surface area contributed by atoms with Crippen molar-refractivity contribution >= 4 is 21.7 Å². The maximum atomic E-state index is 13.2. The Balaban J connectivity index is 2.11. The first-order chi connectivity index (χ1) is 11.7. The first-order valence-corrected chi connectivity index (χ1v) is 9.59. The van der Waals surface area contributed by atoms with Crippen molar-refractivity contribution in [1.29, 1.82) is 0 Å². The van der Waals surface area contributed by atoms with E-state index < -0.39 is 21.4 Å². The van der Waals surface area contributed by atoms with E-state index in [1.54, 1.807) is 49.4 Å². The molecule has 5 nitrogen and oxygen atoms in total. The summed E-state index contributed by atoms with van der Waals surface area (Å²) in [5, 5.41) is 9.62. The van der Waals surface area contributed by atoms with Crippen LogP contribution in [-0.2, 0) is 21.2 Å². The van der Waals surface area contributed by atoms with Crippen LogP contribution in [0, 0.1) is 12.3 Å². The van der Waals surface area contributed by atoms with Crippen molar-refractivity contribution in [3.8, 4) is 0 Å². The summed E-state index contributed by atoms with van der Waals surface area (Å²) in [4.78, 5) is 11.9. The Kier molecular flexibility index (Phi) is 4.33. The van der Waals surface area contributed by atoms with Crippen molar-refractivity contribution < 1.29 is 18.3 Å². The molecule has 6 heteroatoms. The average Bonchev–Trinajstić information content (AvgIpc) is 2.72. The Bertz CT molecular complexity index is 905. The quantitative estimate of drug-likeness (QED) is 0.913. The summed E-state index contributed by atoms with van der Waals surface area (Å²) >= 11 is 0. The molecule has 0 amide bonds. The molecule has 0 fully saturated rings. The van der Waals surface area contributed by atoms with Crippen molar-refractivity contribution in [1.82, 2.24) is 0 Å². The van der Waals surface area contributed by atoms with Gasteiger partial charge in [0.25, 0.3) is 10.0 Å². The number of carboxylic acid groups (broad SMARTS) is 1. The number of hydrogen-bond donors (Lipinski definition) is 1. The topological polar surface area (TPSA) is 74.7 Å². The smallest absolute Gasteiger partial charge is 0.309 e. The van der Waals surface area contributed by atoms with Gasteiger partial charge in [-0.15, -0.1) is 0 Å². The van der Waals surface area contributed by atoms with E-state index >= 15 is 0 Å². The van der Waals surface area contributed by atoms with Crippen LogP contribution in [0.25, 0.3) is 0 Å². The zero-order valence-corrected chi connectivity index (χ0v) is 15.1. The van der Waals surface area contributed by atoms with E-state index in [-0.39, 0.29) is 17.9 Å². The molecule has 1 aliphatic heterocycles. The van der Waals surface area contributed by atoms with Crippen LogP contribution in [0.2, 0.25) is 0 Å². The normalized spacial score (nSPS) is 20.6. The molecule has 0 aromatic heterocycles. The molecule has 2 aromatic carbocycles. The number of carboxylic acids is 1. The Hall–Kier alpha value is -2.34. The van der Waals surface area contributed by atoms with Gasteiger partial charge in [-0.3, -0.25) is 9.10 Å². The van der Waals surface area contributed by atoms with Crippen molar-refractivity contribution in [3.05, 3.63) is 59.7 Å². The number of hydrogen-bond acceptors (Lipinski definition) is 3. The first kappa shape index (κ1) is 17.5. The zero-order valence-electron chi connectivity index (χ0n) is 14.3. The maximum Gasteiger partial charge on any atom is 0.309 e. The number of benzene rings is 2. The first-order valence-electron chi connectivity index (χ1n) is 8.15. The lowest BCUT2D eigenvalue weighted by Crippen LogP contribution is -2.35. The van der Waals surface area contributed by atoms with Crippen molar-refractivity contribution in [2.75, 3.05) is 10.8 Å². The van der Waals surface area contributed by atoms with Crippen LogP contribution in [0.15, 0.2) is 53.4 Å². The van der Waals surface area contributed by atoms with Crippen LogP contribution in [-0.4, -0.2) is 26.0 Å². The highest BCUT2D eigenvalue weighted by atomic mass is 32.2. The predicted octanol–water partition coefficient (Wildman–Crippen LogP) is 3.23. The van der Waals surface area contributed by atoms with Crippen LogP contribution in [0.3, 0.4) is 0 Å². The number of aliphatic carboxylic acids is 1. The lowest BCUT2D eigenvalue weighted by Gasteiger charge is -2.25. The molecule has 0 radical (unpaired) electrons. The molecule has 3 rings (SSSR count). The van der Waals surface area contributed by atoms with E-state index in [2.05, 4.69) is 0 Å². The maximum absolute atomic E-state index is 13.2. The fraction of sp³-hybridized carbons (Fsp3) is 0.316. The van der Waals surface area contributed by atoms with E-state index in [9.17, 15) is 18.3 Å². The number of aryl methyl sites for hydroxylation is 1. The molecule has 0 saturated carbocycles. The molecule has 0 spiro atoms. The van der Waals surface area contributed by atoms with Gasteiger partial charge >= 0.3 is 5.97 Å². The van der Waals surface area contributed by atoms with Gasteiger partial charge in [-0.2, -0.15) is 0 Å². The molecule has 1 atom stereocenters. The Morgan fingerprint density at radius 2 is 1.76 bits per heavy atom. The average molecular weight is 359 g/mol. The summed E-state index contributed by atoms with van der Waals surface area (Å²) in [5.74, 6) is -0.906. The van der Waals surface area contributed by atoms with Gasteiger partial charge in [0.2, 0.25) is 0 Å². The van der Waals surface area contributed by atoms with E-state index in [1.807, 2.05) is 13.0 Å². The second-order valence-electron chi connectivity index (χ2n) is 6.81. The third kappa shape index (κ3) is 3.14. The molecule has 25 heavy (non-hydrogen) atoms. The molecule has 2 aromatic rings. The van der Waals surface area contributed by atoms with Gasteiger partial charge in [-0.05, 0) is 50.5 Å². The fourth-order valence-electron chi connectivity index (χ4n) is 3.15. The molecule has 0 aliphatic carbocycles. The summed E-state index contributed by atoms with van der Waals surface area (Å²) in [5.41, 5.74) is 1.29. The van der Waals surface area contributed by atoms with Gasteiger partial charge in [0.05, 0.1) is 16.0 Å². The van der Waals surface area contributed by atoms with Gasteiger partial charge < -0.3 is 5.11 Å². The third-order valence-corrected chi connectivity index (χ3v) is 6.66. The number of rotatable bonds is 3.